The molecule has 1 aliphatic rings. The van der Waals surface area contributed by atoms with Crippen LogP contribution in [0.15, 0.2) is 12.3 Å². The lowest BCUT2D eigenvalue weighted by Gasteiger charge is -2.22. The van der Waals surface area contributed by atoms with Crippen molar-refractivity contribution in [2.24, 2.45) is 5.92 Å². The summed E-state index contributed by atoms with van der Waals surface area (Å²) in [7, 11) is 0. The van der Waals surface area contributed by atoms with Crippen molar-refractivity contribution in [1.82, 2.24) is 20.1 Å². The molecule has 0 aliphatic heterocycles. The predicted molar refractivity (Wildman–Crippen MR) is 97.7 cm³/mol. The second-order valence-electron chi connectivity index (χ2n) is 7.63. The van der Waals surface area contributed by atoms with E-state index in [1.165, 1.54) is 0 Å². The number of hydrogen-bond acceptors (Lipinski definition) is 4. The van der Waals surface area contributed by atoms with Crippen LogP contribution in [0, 0.1) is 5.92 Å². The molecule has 1 atom stereocenters. The Labute approximate surface area is 148 Å². The van der Waals surface area contributed by atoms with Crippen molar-refractivity contribution in [2.45, 2.75) is 65.0 Å². The van der Waals surface area contributed by atoms with Gasteiger partial charge in [0.15, 0.2) is 5.65 Å². The molecule has 0 bridgehead atoms. The van der Waals surface area contributed by atoms with Crippen molar-refractivity contribution in [3.05, 3.63) is 23.5 Å². The highest BCUT2D eigenvalue weighted by Gasteiger charge is 2.28. The quantitative estimate of drug-likeness (QED) is 0.809. The minimum absolute atomic E-state index is 0.0507. The molecule has 25 heavy (non-hydrogen) atoms. The predicted octanol–water partition coefficient (Wildman–Crippen LogP) is 3.03. The van der Waals surface area contributed by atoms with Crippen LogP contribution in [-0.4, -0.2) is 38.4 Å². The van der Waals surface area contributed by atoms with E-state index in [1.54, 1.807) is 6.20 Å². The average molecular weight is 344 g/mol. The van der Waals surface area contributed by atoms with Crippen LogP contribution in [0.3, 0.4) is 0 Å². The number of rotatable bonds is 7. The fraction of sp³-hybridized carbons (Fsp3) is 0.632. The van der Waals surface area contributed by atoms with Crippen LogP contribution in [0.5, 0.6) is 0 Å². The molecule has 2 heterocycles. The lowest BCUT2D eigenvalue weighted by molar-refractivity contribution is 0.0918. The highest BCUT2D eigenvalue weighted by Crippen LogP contribution is 2.40. The normalized spacial score (nSPS) is 16.0. The molecule has 1 aliphatic carbocycles. The molecule has 1 amide bonds. The Morgan fingerprint density at radius 3 is 2.64 bits per heavy atom. The van der Waals surface area contributed by atoms with E-state index in [-0.39, 0.29) is 30.5 Å². The molecule has 0 aromatic carbocycles. The summed E-state index contributed by atoms with van der Waals surface area (Å²) < 4.78 is 1.88. The molecule has 2 aromatic rings. The fourth-order valence-corrected chi connectivity index (χ4v) is 3.15. The summed E-state index contributed by atoms with van der Waals surface area (Å²) in [4.78, 5) is 17.8. The molecule has 3 rings (SSSR count). The fourth-order valence-electron chi connectivity index (χ4n) is 3.15. The third-order valence-corrected chi connectivity index (χ3v) is 4.88. The largest absolute Gasteiger partial charge is 0.396 e. The molecule has 0 spiro atoms. The zero-order valence-electron chi connectivity index (χ0n) is 15.5. The van der Waals surface area contributed by atoms with Crippen LogP contribution in [0.2, 0.25) is 0 Å². The molecule has 1 unspecified atom stereocenters. The average Bonchev–Trinajstić information content (AvgIpc) is 3.32. The molecule has 0 saturated heterocycles. The van der Waals surface area contributed by atoms with Crippen LogP contribution in [0.4, 0.5) is 0 Å². The topological polar surface area (TPSA) is 80.0 Å². The number of carbonyl (C=O) groups excluding carboxylic acids is 1. The van der Waals surface area contributed by atoms with E-state index in [0.717, 1.165) is 29.6 Å². The zero-order valence-corrected chi connectivity index (χ0v) is 15.5. The molecule has 1 saturated carbocycles. The Kier molecular flexibility index (Phi) is 5.08. The first kappa shape index (κ1) is 17.9. The molecule has 2 aromatic heterocycles. The first-order valence-electron chi connectivity index (χ1n) is 9.22. The number of pyridine rings is 1. The van der Waals surface area contributed by atoms with Gasteiger partial charge in [0.2, 0.25) is 0 Å². The van der Waals surface area contributed by atoms with Gasteiger partial charge in [0.1, 0.15) is 0 Å². The summed E-state index contributed by atoms with van der Waals surface area (Å²) in [6.07, 6.45) is 4.56. The number of fused-ring (bicyclic) bond motifs is 1. The minimum Gasteiger partial charge on any atom is -0.396 e. The van der Waals surface area contributed by atoms with E-state index in [9.17, 15) is 9.90 Å². The molecule has 2 N–H and O–H groups in total. The first-order chi connectivity index (χ1) is 11.9. The van der Waals surface area contributed by atoms with Gasteiger partial charge in [-0.1, -0.05) is 13.8 Å². The Morgan fingerprint density at radius 1 is 1.36 bits per heavy atom. The summed E-state index contributed by atoms with van der Waals surface area (Å²) in [5, 5.41) is 17.6. The SMILES string of the molecule is CC(C)C(CCO)NC(=O)c1cc(C2CC2)nc2c1cnn2C(C)C. The Bertz CT molecular complexity index is 762. The second-order valence-corrected chi connectivity index (χ2v) is 7.63. The third-order valence-electron chi connectivity index (χ3n) is 4.88. The highest BCUT2D eigenvalue weighted by atomic mass is 16.3. The van der Waals surface area contributed by atoms with Gasteiger partial charge < -0.3 is 10.4 Å². The van der Waals surface area contributed by atoms with Crippen molar-refractivity contribution in [3.63, 3.8) is 0 Å². The van der Waals surface area contributed by atoms with Crippen LogP contribution in [-0.2, 0) is 0 Å². The van der Waals surface area contributed by atoms with Crippen molar-refractivity contribution in [3.8, 4) is 0 Å². The van der Waals surface area contributed by atoms with Crippen molar-refractivity contribution in [2.75, 3.05) is 6.61 Å². The number of aliphatic hydroxyl groups is 1. The summed E-state index contributed by atoms with van der Waals surface area (Å²) in [5.41, 5.74) is 2.42. The number of nitrogens with one attached hydrogen (secondary N) is 1. The van der Waals surface area contributed by atoms with Gasteiger partial charge in [-0.05, 0) is 45.1 Å². The summed E-state index contributed by atoms with van der Waals surface area (Å²) in [6.45, 7) is 8.29. The molecular formula is C19H28N4O2. The van der Waals surface area contributed by atoms with Gasteiger partial charge in [-0.2, -0.15) is 5.10 Å². The van der Waals surface area contributed by atoms with Crippen LogP contribution < -0.4 is 5.32 Å². The van der Waals surface area contributed by atoms with Crippen molar-refractivity contribution >= 4 is 16.9 Å². The van der Waals surface area contributed by atoms with Crippen LogP contribution in [0.1, 0.15) is 75.0 Å². The Hall–Kier alpha value is -1.95. The van der Waals surface area contributed by atoms with Crippen LogP contribution >= 0.6 is 0 Å². The van der Waals surface area contributed by atoms with Gasteiger partial charge in [0.25, 0.3) is 5.91 Å². The van der Waals surface area contributed by atoms with E-state index >= 15 is 0 Å². The maximum Gasteiger partial charge on any atom is 0.252 e. The standard InChI is InChI=1S/C19H28N4O2/c1-11(2)16(7-8-24)22-19(25)14-9-17(13-5-6-13)21-18-15(14)10-20-23(18)12(3)4/h9-13,16,24H,5-8H2,1-4H3,(H,22,25). The van der Waals surface area contributed by atoms with Gasteiger partial charge in [0, 0.05) is 30.3 Å². The zero-order chi connectivity index (χ0) is 18.1. The lowest BCUT2D eigenvalue weighted by atomic mass is 10.0. The number of nitrogens with zero attached hydrogens (tertiary/aromatic N) is 3. The summed E-state index contributed by atoms with van der Waals surface area (Å²) >= 11 is 0. The Balaban J connectivity index is 2.00. The van der Waals surface area contributed by atoms with Gasteiger partial charge in [-0.15, -0.1) is 0 Å². The number of hydrogen-bond donors (Lipinski definition) is 2. The smallest absolute Gasteiger partial charge is 0.252 e. The van der Waals surface area contributed by atoms with Crippen molar-refractivity contribution in [1.29, 1.82) is 0 Å². The molecule has 0 radical (unpaired) electrons. The van der Waals surface area contributed by atoms with E-state index in [0.29, 0.717) is 17.9 Å². The highest BCUT2D eigenvalue weighted by molar-refractivity contribution is 6.05. The van der Waals surface area contributed by atoms with Gasteiger partial charge in [-0.3, -0.25) is 4.79 Å². The maximum atomic E-state index is 13.0. The number of aliphatic hydroxyl groups excluding tert-OH is 1. The summed E-state index contributed by atoms with van der Waals surface area (Å²) in [5.74, 6) is 0.615. The third kappa shape index (κ3) is 3.68. The van der Waals surface area contributed by atoms with E-state index in [1.807, 2.05) is 10.7 Å². The maximum absolute atomic E-state index is 13.0. The second kappa shape index (κ2) is 7.12. The van der Waals surface area contributed by atoms with E-state index in [2.05, 4.69) is 38.1 Å². The van der Waals surface area contributed by atoms with Crippen molar-refractivity contribution < 1.29 is 9.90 Å². The molecular weight excluding hydrogens is 316 g/mol. The van der Waals surface area contributed by atoms with Gasteiger partial charge in [-0.25, -0.2) is 9.67 Å². The van der Waals surface area contributed by atoms with Crippen LogP contribution in [0.25, 0.3) is 11.0 Å². The van der Waals surface area contributed by atoms with Gasteiger partial charge >= 0.3 is 0 Å². The Morgan fingerprint density at radius 2 is 2.08 bits per heavy atom. The monoisotopic (exact) mass is 344 g/mol. The summed E-state index contributed by atoms with van der Waals surface area (Å²) in [6, 6.07) is 2.07. The number of carbonyl (C=O) groups is 1. The lowest BCUT2D eigenvalue weighted by Crippen LogP contribution is -2.39. The van der Waals surface area contributed by atoms with E-state index < -0.39 is 0 Å². The minimum atomic E-state index is -0.107. The van der Waals surface area contributed by atoms with E-state index in [4.69, 9.17) is 4.98 Å². The molecule has 136 valence electrons. The first-order valence-corrected chi connectivity index (χ1v) is 9.22. The molecule has 6 nitrogen and oxygen atoms in total. The number of aromatic nitrogens is 3. The number of amides is 1. The molecule has 6 heteroatoms. The molecule has 1 fully saturated rings. The van der Waals surface area contributed by atoms with Gasteiger partial charge in [0.05, 0.1) is 17.1 Å².